The summed E-state index contributed by atoms with van der Waals surface area (Å²) in [6.07, 6.45) is -0.737. The van der Waals surface area contributed by atoms with E-state index in [1.54, 1.807) is 6.07 Å². The number of hydrogen-bond donors (Lipinski definition) is 0. The molecular weight excluding hydrogens is 328 g/mol. The molecule has 26 heavy (non-hydrogen) atoms. The van der Waals surface area contributed by atoms with Crippen molar-refractivity contribution in [2.45, 2.75) is 52.7 Å². The first-order chi connectivity index (χ1) is 12.3. The number of carbonyl (C=O) groups excluding carboxylic acids is 1. The zero-order valence-corrected chi connectivity index (χ0v) is 16.1. The Hall–Kier alpha value is -2.49. The average Bonchev–Trinajstić information content (AvgIpc) is 2.59. The number of aryl methyl sites for hydroxylation is 2. The number of hydrogen-bond acceptors (Lipinski definition) is 4. The lowest BCUT2D eigenvalue weighted by Crippen LogP contribution is -2.37. The van der Waals surface area contributed by atoms with E-state index < -0.39 is 12.1 Å². The van der Waals surface area contributed by atoms with E-state index in [-0.39, 0.29) is 18.6 Å². The van der Waals surface area contributed by atoms with Crippen molar-refractivity contribution in [1.29, 1.82) is 0 Å². The first-order valence-corrected chi connectivity index (χ1v) is 8.91. The van der Waals surface area contributed by atoms with Gasteiger partial charge in [0.2, 0.25) is 6.10 Å². The molecule has 0 spiro atoms. The Morgan fingerprint density at radius 1 is 1.12 bits per heavy atom. The molecule has 0 bridgehead atoms. The SMILES string of the molecule is Cc1cc(C(C)(C)C)cc(C)c1COC(=O)[C@@H]1COc2ccccc2O1. The molecule has 0 amide bonds. The van der Waals surface area contributed by atoms with E-state index in [0.29, 0.717) is 11.5 Å². The minimum atomic E-state index is -0.737. The molecule has 2 aromatic rings. The molecule has 1 aliphatic heterocycles. The largest absolute Gasteiger partial charge is 0.485 e. The van der Waals surface area contributed by atoms with Crippen LogP contribution in [0.15, 0.2) is 36.4 Å². The normalized spacial score (nSPS) is 16.3. The van der Waals surface area contributed by atoms with Gasteiger partial charge in [-0.3, -0.25) is 0 Å². The van der Waals surface area contributed by atoms with Crippen molar-refractivity contribution in [2.24, 2.45) is 0 Å². The Labute approximate surface area is 155 Å². The van der Waals surface area contributed by atoms with Gasteiger partial charge in [-0.1, -0.05) is 45.0 Å². The van der Waals surface area contributed by atoms with Crippen LogP contribution in [0.25, 0.3) is 0 Å². The molecule has 0 fully saturated rings. The molecule has 4 nitrogen and oxygen atoms in total. The van der Waals surface area contributed by atoms with E-state index in [0.717, 1.165) is 16.7 Å². The van der Waals surface area contributed by atoms with Crippen molar-refractivity contribution >= 4 is 5.97 Å². The zero-order chi connectivity index (χ0) is 18.9. The Morgan fingerprint density at radius 3 is 2.35 bits per heavy atom. The van der Waals surface area contributed by atoms with Crippen LogP contribution in [-0.4, -0.2) is 18.7 Å². The summed E-state index contributed by atoms with van der Waals surface area (Å²) in [7, 11) is 0. The molecule has 138 valence electrons. The van der Waals surface area contributed by atoms with Crippen molar-refractivity contribution in [2.75, 3.05) is 6.61 Å². The average molecular weight is 354 g/mol. The molecule has 4 heteroatoms. The van der Waals surface area contributed by atoms with Gasteiger partial charge < -0.3 is 14.2 Å². The summed E-state index contributed by atoms with van der Waals surface area (Å²) in [5.41, 5.74) is 4.68. The maximum absolute atomic E-state index is 12.4. The number of ether oxygens (including phenoxy) is 3. The van der Waals surface area contributed by atoms with E-state index in [1.807, 2.05) is 18.2 Å². The van der Waals surface area contributed by atoms with Gasteiger partial charge in [0.15, 0.2) is 11.5 Å². The number of rotatable bonds is 3. The minimum absolute atomic E-state index is 0.0887. The lowest BCUT2D eigenvalue weighted by molar-refractivity contribution is -0.155. The fourth-order valence-corrected chi connectivity index (χ4v) is 3.03. The highest BCUT2D eigenvalue weighted by Crippen LogP contribution is 2.31. The summed E-state index contributed by atoms with van der Waals surface area (Å²) in [5.74, 6) is 0.821. The molecule has 0 aliphatic carbocycles. The second kappa shape index (κ2) is 7.02. The fraction of sp³-hybridized carbons (Fsp3) is 0.409. The highest BCUT2D eigenvalue weighted by Gasteiger charge is 2.29. The van der Waals surface area contributed by atoms with Crippen LogP contribution in [0, 0.1) is 13.8 Å². The molecule has 0 aromatic heterocycles. The topological polar surface area (TPSA) is 44.8 Å². The molecular formula is C22H26O4. The van der Waals surface area contributed by atoms with Gasteiger partial charge in [0, 0.05) is 0 Å². The van der Waals surface area contributed by atoms with E-state index in [9.17, 15) is 4.79 Å². The second-order valence-electron chi connectivity index (χ2n) is 7.81. The Bertz CT molecular complexity index is 794. The Kier molecular flexibility index (Phi) is 4.94. The highest BCUT2D eigenvalue weighted by atomic mass is 16.6. The van der Waals surface area contributed by atoms with Crippen LogP contribution < -0.4 is 9.47 Å². The summed E-state index contributed by atoms with van der Waals surface area (Å²) >= 11 is 0. The molecule has 2 aromatic carbocycles. The number of benzene rings is 2. The van der Waals surface area contributed by atoms with Gasteiger partial charge in [-0.2, -0.15) is 0 Å². The smallest absolute Gasteiger partial charge is 0.351 e. The van der Waals surface area contributed by atoms with Gasteiger partial charge in [-0.25, -0.2) is 4.79 Å². The number of esters is 1. The van der Waals surface area contributed by atoms with Crippen LogP contribution in [0.2, 0.25) is 0 Å². The third-order valence-corrected chi connectivity index (χ3v) is 4.69. The summed E-state index contributed by atoms with van der Waals surface area (Å²) in [6.45, 7) is 11.1. The van der Waals surface area contributed by atoms with Crippen LogP contribution >= 0.6 is 0 Å². The van der Waals surface area contributed by atoms with Gasteiger partial charge in [0.25, 0.3) is 0 Å². The molecule has 0 saturated heterocycles. The minimum Gasteiger partial charge on any atom is -0.485 e. The van der Waals surface area contributed by atoms with Crippen molar-refractivity contribution in [1.82, 2.24) is 0 Å². The first kappa shape index (κ1) is 18.3. The van der Waals surface area contributed by atoms with Crippen molar-refractivity contribution < 1.29 is 19.0 Å². The maximum Gasteiger partial charge on any atom is 0.351 e. The van der Waals surface area contributed by atoms with Crippen LogP contribution in [-0.2, 0) is 21.6 Å². The second-order valence-corrected chi connectivity index (χ2v) is 7.81. The number of fused-ring (bicyclic) bond motifs is 1. The van der Waals surface area contributed by atoms with Gasteiger partial charge in [0.1, 0.15) is 13.2 Å². The lowest BCUT2D eigenvalue weighted by atomic mass is 9.84. The number of para-hydroxylation sites is 2. The Balaban J connectivity index is 1.67. The fourth-order valence-electron chi connectivity index (χ4n) is 3.03. The van der Waals surface area contributed by atoms with Gasteiger partial charge in [-0.15, -0.1) is 0 Å². The van der Waals surface area contributed by atoms with E-state index in [4.69, 9.17) is 14.2 Å². The molecule has 0 unspecified atom stereocenters. The molecule has 0 N–H and O–H groups in total. The molecule has 3 rings (SSSR count). The third kappa shape index (κ3) is 3.85. The van der Waals surface area contributed by atoms with E-state index in [2.05, 4.69) is 46.8 Å². The van der Waals surface area contributed by atoms with Crippen LogP contribution in [0.1, 0.15) is 43.0 Å². The maximum atomic E-state index is 12.4. The predicted molar refractivity (Wildman–Crippen MR) is 101 cm³/mol. The third-order valence-electron chi connectivity index (χ3n) is 4.69. The molecule has 0 saturated carbocycles. The van der Waals surface area contributed by atoms with Crippen molar-refractivity contribution in [3.05, 3.63) is 58.7 Å². The summed E-state index contributed by atoms with van der Waals surface area (Å²) in [6, 6.07) is 11.7. The predicted octanol–water partition coefficient (Wildman–Crippen LogP) is 4.48. The molecule has 0 radical (unpaired) electrons. The van der Waals surface area contributed by atoms with Gasteiger partial charge >= 0.3 is 5.97 Å². The summed E-state index contributed by atoms with van der Waals surface area (Å²) < 4.78 is 16.8. The first-order valence-electron chi connectivity index (χ1n) is 8.91. The summed E-state index contributed by atoms with van der Waals surface area (Å²) in [4.78, 5) is 12.4. The monoisotopic (exact) mass is 354 g/mol. The standard InChI is InChI=1S/C22H26O4/c1-14-10-16(22(3,4)5)11-15(2)17(14)12-25-21(23)20-13-24-18-8-6-7-9-19(18)26-20/h6-11,20H,12-13H2,1-5H3/t20-/m0/s1. The zero-order valence-electron chi connectivity index (χ0n) is 16.1. The number of carbonyl (C=O) groups is 1. The lowest BCUT2D eigenvalue weighted by Gasteiger charge is -2.25. The van der Waals surface area contributed by atoms with Crippen molar-refractivity contribution in [3.8, 4) is 11.5 Å². The van der Waals surface area contributed by atoms with Gasteiger partial charge in [0.05, 0.1) is 0 Å². The van der Waals surface area contributed by atoms with Gasteiger partial charge in [-0.05, 0) is 53.6 Å². The van der Waals surface area contributed by atoms with Crippen molar-refractivity contribution in [3.63, 3.8) is 0 Å². The Morgan fingerprint density at radius 2 is 1.73 bits per heavy atom. The molecule has 1 heterocycles. The van der Waals surface area contributed by atoms with Crippen LogP contribution in [0.4, 0.5) is 0 Å². The summed E-state index contributed by atoms with van der Waals surface area (Å²) in [5, 5.41) is 0. The van der Waals surface area contributed by atoms with E-state index in [1.165, 1.54) is 5.56 Å². The molecule has 1 aliphatic rings. The van der Waals surface area contributed by atoms with E-state index >= 15 is 0 Å². The van der Waals surface area contributed by atoms with Crippen LogP contribution in [0.5, 0.6) is 11.5 Å². The molecule has 1 atom stereocenters. The highest BCUT2D eigenvalue weighted by molar-refractivity contribution is 5.76. The quantitative estimate of drug-likeness (QED) is 0.762. The van der Waals surface area contributed by atoms with Crippen LogP contribution in [0.3, 0.4) is 0 Å².